The molecule has 27 heavy (non-hydrogen) atoms. The summed E-state index contributed by atoms with van der Waals surface area (Å²) in [5, 5.41) is 0. The second-order valence-corrected chi connectivity index (χ2v) is 5.86. The van der Waals surface area contributed by atoms with E-state index in [1.807, 2.05) is 30.3 Å². The van der Waals surface area contributed by atoms with Crippen molar-refractivity contribution in [1.29, 1.82) is 0 Å². The fourth-order valence-electron chi connectivity index (χ4n) is 2.49. The molecule has 0 radical (unpaired) electrons. The zero-order valence-corrected chi connectivity index (χ0v) is 15.9. The average molecular weight is 432 g/mol. The average Bonchev–Trinajstić information content (AvgIpc) is 2.72. The van der Waals surface area contributed by atoms with Crippen molar-refractivity contribution in [2.24, 2.45) is 0 Å². The second kappa shape index (κ2) is 8.64. The highest BCUT2D eigenvalue weighted by Gasteiger charge is 2.16. The van der Waals surface area contributed by atoms with Crippen molar-refractivity contribution in [3.05, 3.63) is 77.6 Å². The van der Waals surface area contributed by atoms with Gasteiger partial charge in [0.1, 0.15) is 12.4 Å². The lowest BCUT2D eigenvalue weighted by molar-refractivity contribution is 0.0600. The predicted molar refractivity (Wildman–Crippen MR) is 101 cm³/mol. The van der Waals surface area contributed by atoms with Crippen LogP contribution in [0.5, 0.6) is 11.8 Å². The van der Waals surface area contributed by atoms with Crippen LogP contribution in [0.4, 0.5) is 4.39 Å². The van der Waals surface area contributed by atoms with Gasteiger partial charge in [-0.05, 0) is 23.8 Å². The van der Waals surface area contributed by atoms with E-state index in [1.54, 1.807) is 12.1 Å². The van der Waals surface area contributed by atoms with E-state index < -0.39 is 11.8 Å². The maximum Gasteiger partial charge on any atom is 0.337 e. The van der Waals surface area contributed by atoms with Crippen LogP contribution in [0.3, 0.4) is 0 Å². The van der Waals surface area contributed by atoms with Gasteiger partial charge in [0.15, 0.2) is 16.3 Å². The van der Waals surface area contributed by atoms with Gasteiger partial charge in [0.2, 0.25) is 11.8 Å². The molecule has 3 rings (SSSR count). The standard InChI is InChI=1S/C20H15BrFNO4/c1-25-20(24)14-7-8-15(17(22)11-14)16-9-10-18(27-21)23-19(16)26-12-13-5-3-2-4-6-13/h2-11H,12H2,1H3. The fraction of sp³-hybridized carbons (Fsp3) is 0.100. The molecule has 0 atom stereocenters. The van der Waals surface area contributed by atoms with Gasteiger partial charge in [-0.25, -0.2) is 9.18 Å². The number of hydrogen-bond acceptors (Lipinski definition) is 5. The van der Waals surface area contributed by atoms with Crippen LogP contribution >= 0.6 is 16.3 Å². The second-order valence-electron chi connectivity index (χ2n) is 5.54. The summed E-state index contributed by atoms with van der Waals surface area (Å²) in [6, 6.07) is 16.8. The van der Waals surface area contributed by atoms with E-state index in [2.05, 4.69) is 26.0 Å². The Kier molecular flexibility index (Phi) is 6.03. The zero-order chi connectivity index (χ0) is 19.2. The first-order valence-corrected chi connectivity index (χ1v) is 8.61. The predicted octanol–water partition coefficient (Wildman–Crippen LogP) is 4.94. The molecule has 1 heterocycles. The Labute approximate surface area is 164 Å². The molecular formula is C20H15BrFNO4. The summed E-state index contributed by atoms with van der Waals surface area (Å²) >= 11 is 2.87. The highest BCUT2D eigenvalue weighted by Crippen LogP contribution is 2.33. The maximum absolute atomic E-state index is 14.6. The molecule has 3 aromatic rings. The molecule has 0 saturated heterocycles. The van der Waals surface area contributed by atoms with Crippen molar-refractivity contribution >= 4 is 22.2 Å². The SMILES string of the molecule is COC(=O)c1ccc(-c2ccc(OBr)nc2OCc2ccccc2)c(F)c1. The Morgan fingerprint density at radius 2 is 1.81 bits per heavy atom. The summed E-state index contributed by atoms with van der Waals surface area (Å²) < 4.78 is 30.0. The number of aromatic nitrogens is 1. The number of esters is 1. The summed E-state index contributed by atoms with van der Waals surface area (Å²) in [7, 11) is 1.24. The number of ether oxygens (including phenoxy) is 2. The molecule has 0 saturated carbocycles. The van der Waals surface area contributed by atoms with Gasteiger partial charge in [-0.3, -0.25) is 0 Å². The third-order valence-electron chi connectivity index (χ3n) is 3.81. The Morgan fingerprint density at radius 3 is 2.48 bits per heavy atom. The highest BCUT2D eigenvalue weighted by molar-refractivity contribution is 9.06. The third-order valence-corrected chi connectivity index (χ3v) is 4.14. The summed E-state index contributed by atoms with van der Waals surface area (Å²) in [4.78, 5) is 15.8. The van der Waals surface area contributed by atoms with Crippen molar-refractivity contribution in [1.82, 2.24) is 4.98 Å². The van der Waals surface area contributed by atoms with Gasteiger partial charge in [-0.1, -0.05) is 36.4 Å². The van der Waals surface area contributed by atoms with E-state index in [1.165, 1.54) is 19.2 Å². The molecule has 5 nitrogen and oxygen atoms in total. The molecule has 0 amide bonds. The lowest BCUT2D eigenvalue weighted by atomic mass is 10.0. The number of nitrogens with zero attached hydrogens (tertiary/aromatic N) is 1. The van der Waals surface area contributed by atoms with Crippen molar-refractivity contribution < 1.29 is 22.5 Å². The van der Waals surface area contributed by atoms with E-state index in [0.717, 1.165) is 11.6 Å². The molecule has 0 bridgehead atoms. The first-order valence-electron chi connectivity index (χ1n) is 7.97. The molecule has 138 valence electrons. The number of methoxy groups -OCH3 is 1. The minimum absolute atomic E-state index is 0.124. The summed E-state index contributed by atoms with van der Waals surface area (Å²) in [5.41, 5.74) is 1.75. The Morgan fingerprint density at radius 1 is 1.07 bits per heavy atom. The van der Waals surface area contributed by atoms with E-state index in [-0.39, 0.29) is 29.5 Å². The van der Waals surface area contributed by atoms with Crippen LogP contribution < -0.4 is 8.57 Å². The molecular weight excluding hydrogens is 417 g/mol. The van der Waals surface area contributed by atoms with Gasteiger partial charge >= 0.3 is 5.97 Å². The van der Waals surface area contributed by atoms with Crippen LogP contribution in [0.15, 0.2) is 60.7 Å². The number of carbonyl (C=O) groups is 1. The lowest BCUT2D eigenvalue weighted by Crippen LogP contribution is -2.03. The Bertz CT molecular complexity index is 950. The first kappa shape index (κ1) is 18.8. The maximum atomic E-state index is 14.6. The smallest absolute Gasteiger partial charge is 0.337 e. The van der Waals surface area contributed by atoms with E-state index >= 15 is 0 Å². The van der Waals surface area contributed by atoms with E-state index in [9.17, 15) is 9.18 Å². The summed E-state index contributed by atoms with van der Waals surface area (Å²) in [6.07, 6.45) is 0. The lowest BCUT2D eigenvalue weighted by Gasteiger charge is -2.13. The van der Waals surface area contributed by atoms with Gasteiger partial charge in [-0.15, -0.1) is 0 Å². The van der Waals surface area contributed by atoms with Crippen LogP contribution in [0.25, 0.3) is 11.1 Å². The minimum Gasteiger partial charge on any atom is -0.472 e. The third kappa shape index (κ3) is 4.43. The number of rotatable bonds is 6. The molecule has 0 spiro atoms. The molecule has 0 N–H and O–H groups in total. The van der Waals surface area contributed by atoms with Crippen LogP contribution in [0.1, 0.15) is 15.9 Å². The molecule has 0 aliphatic heterocycles. The van der Waals surface area contributed by atoms with Crippen LogP contribution in [-0.4, -0.2) is 18.1 Å². The zero-order valence-electron chi connectivity index (χ0n) is 14.3. The van der Waals surface area contributed by atoms with Crippen LogP contribution in [0.2, 0.25) is 0 Å². The highest BCUT2D eigenvalue weighted by atomic mass is 79.9. The molecule has 0 aliphatic carbocycles. The summed E-state index contributed by atoms with van der Waals surface area (Å²) in [6.45, 7) is 0.258. The van der Waals surface area contributed by atoms with Gasteiger partial charge < -0.3 is 13.3 Å². The van der Waals surface area contributed by atoms with Crippen molar-refractivity contribution in [2.45, 2.75) is 6.61 Å². The minimum atomic E-state index is -0.609. The van der Waals surface area contributed by atoms with Gasteiger partial charge in [-0.2, -0.15) is 4.98 Å². The van der Waals surface area contributed by atoms with Crippen molar-refractivity contribution in [3.8, 4) is 22.9 Å². The normalized spacial score (nSPS) is 10.3. The molecule has 1 aromatic heterocycles. The largest absolute Gasteiger partial charge is 0.472 e. The monoisotopic (exact) mass is 431 g/mol. The summed E-state index contributed by atoms with van der Waals surface area (Å²) in [5.74, 6) is -0.715. The molecule has 0 fully saturated rings. The fourth-order valence-corrected chi connectivity index (χ4v) is 2.67. The molecule has 0 aliphatic rings. The number of pyridine rings is 1. The number of halogens is 2. The number of carbonyl (C=O) groups excluding carboxylic acids is 1. The topological polar surface area (TPSA) is 57.7 Å². The first-order chi connectivity index (χ1) is 13.1. The van der Waals surface area contributed by atoms with Gasteiger partial charge in [0.25, 0.3) is 0 Å². The molecule has 0 unspecified atom stereocenters. The van der Waals surface area contributed by atoms with Crippen molar-refractivity contribution in [2.75, 3.05) is 7.11 Å². The number of hydrogen-bond donors (Lipinski definition) is 0. The molecule has 2 aromatic carbocycles. The number of benzene rings is 2. The van der Waals surface area contributed by atoms with Crippen LogP contribution in [-0.2, 0) is 11.3 Å². The van der Waals surface area contributed by atoms with E-state index in [4.69, 9.17) is 8.57 Å². The van der Waals surface area contributed by atoms with E-state index in [0.29, 0.717) is 5.56 Å². The quantitative estimate of drug-likeness (QED) is 0.517. The molecule has 7 heteroatoms. The van der Waals surface area contributed by atoms with Gasteiger partial charge in [0.05, 0.1) is 12.7 Å². The van der Waals surface area contributed by atoms with Crippen LogP contribution in [0, 0.1) is 5.82 Å². The Balaban J connectivity index is 1.96. The Hall–Kier alpha value is -2.93. The van der Waals surface area contributed by atoms with Crippen molar-refractivity contribution in [3.63, 3.8) is 0 Å². The van der Waals surface area contributed by atoms with Gasteiger partial charge in [0, 0.05) is 17.2 Å².